The zero-order valence-electron chi connectivity index (χ0n) is 22.9. The van der Waals surface area contributed by atoms with Crippen LogP contribution in [-0.4, -0.2) is 50.0 Å². The van der Waals surface area contributed by atoms with E-state index in [9.17, 15) is 32.7 Å². The van der Waals surface area contributed by atoms with Crippen molar-refractivity contribution in [3.05, 3.63) is 50.8 Å². The van der Waals surface area contributed by atoms with Crippen molar-refractivity contribution < 1.29 is 32.7 Å². The number of carbonyl (C=O) groups excluding carboxylic acids is 2. The molecule has 5 rings (SSSR count). The molecule has 1 aromatic carbocycles. The van der Waals surface area contributed by atoms with Crippen LogP contribution in [0.15, 0.2) is 18.3 Å². The lowest BCUT2D eigenvalue weighted by atomic mass is 9.52. The number of nitrogens with zero attached hydrogens (tertiary/aromatic N) is 3. The van der Waals surface area contributed by atoms with E-state index in [1.54, 1.807) is 26.0 Å². The molecule has 0 radical (unpaired) electrons. The van der Waals surface area contributed by atoms with E-state index in [-0.39, 0.29) is 52.7 Å². The Hall–Kier alpha value is -2.59. The molecule has 222 valence electrons. The van der Waals surface area contributed by atoms with Gasteiger partial charge in [0.2, 0.25) is 0 Å². The summed E-state index contributed by atoms with van der Waals surface area (Å²) >= 11 is 12.7. The number of carbonyl (C=O) groups is 3. The zero-order chi connectivity index (χ0) is 29.9. The number of halogens is 5. The fourth-order valence-electron chi connectivity index (χ4n) is 6.84. The van der Waals surface area contributed by atoms with Gasteiger partial charge < -0.3 is 10.0 Å². The van der Waals surface area contributed by atoms with Crippen LogP contribution in [0, 0.1) is 17.8 Å². The lowest BCUT2D eigenvalue weighted by molar-refractivity contribution is -0.152. The average Bonchev–Trinajstić information content (AvgIpc) is 3.27. The van der Waals surface area contributed by atoms with Gasteiger partial charge in [0.25, 0.3) is 5.91 Å². The first kappa shape index (κ1) is 29.9. The maximum Gasteiger partial charge on any atom is 0.433 e. The van der Waals surface area contributed by atoms with Crippen LogP contribution >= 0.6 is 23.2 Å². The molecular weight excluding hydrogens is 582 g/mol. The van der Waals surface area contributed by atoms with Gasteiger partial charge >= 0.3 is 12.1 Å². The molecule has 1 aromatic heterocycles. The van der Waals surface area contributed by atoms with Crippen molar-refractivity contribution in [3.63, 3.8) is 0 Å². The number of hydrogen-bond acceptors (Lipinski definition) is 4. The van der Waals surface area contributed by atoms with Gasteiger partial charge in [0.1, 0.15) is 0 Å². The van der Waals surface area contributed by atoms with Crippen molar-refractivity contribution >= 4 is 40.9 Å². The molecule has 3 aliphatic carbocycles. The number of rotatable bonds is 7. The van der Waals surface area contributed by atoms with E-state index in [1.807, 2.05) is 0 Å². The van der Waals surface area contributed by atoms with Gasteiger partial charge in [-0.25, -0.2) is 0 Å². The van der Waals surface area contributed by atoms with E-state index in [1.165, 1.54) is 4.90 Å². The molecule has 0 bridgehead atoms. The molecule has 1 spiro atoms. The summed E-state index contributed by atoms with van der Waals surface area (Å²) in [7, 11) is 0. The van der Waals surface area contributed by atoms with Crippen LogP contribution in [-0.2, 0) is 11.0 Å². The summed E-state index contributed by atoms with van der Waals surface area (Å²) in [5, 5.41) is 13.8. The first-order chi connectivity index (χ1) is 19.2. The Kier molecular flexibility index (Phi) is 7.72. The molecule has 3 aliphatic rings. The summed E-state index contributed by atoms with van der Waals surface area (Å²) in [5.41, 5.74) is -2.22. The molecule has 3 saturated carbocycles. The highest BCUT2D eigenvalue weighted by Crippen LogP contribution is 2.58. The second kappa shape index (κ2) is 10.6. The second-order valence-corrected chi connectivity index (χ2v) is 13.0. The highest BCUT2D eigenvalue weighted by atomic mass is 35.5. The number of ketones is 1. The summed E-state index contributed by atoms with van der Waals surface area (Å²) < 4.78 is 44.5. The quantitative estimate of drug-likeness (QED) is 0.329. The van der Waals surface area contributed by atoms with Gasteiger partial charge in [-0.1, -0.05) is 29.6 Å². The fraction of sp³-hybridized carbons (Fsp3) is 0.586. The molecule has 3 fully saturated rings. The van der Waals surface area contributed by atoms with Gasteiger partial charge in [0.15, 0.2) is 11.5 Å². The van der Waals surface area contributed by atoms with Gasteiger partial charge in [-0.3, -0.25) is 19.1 Å². The third-order valence-electron chi connectivity index (χ3n) is 9.60. The summed E-state index contributed by atoms with van der Waals surface area (Å²) in [5.74, 6) is -2.43. The Balaban J connectivity index is 1.49. The Bertz CT molecular complexity index is 1370. The molecule has 12 heteroatoms. The van der Waals surface area contributed by atoms with Crippen LogP contribution in [0.25, 0.3) is 0 Å². The summed E-state index contributed by atoms with van der Waals surface area (Å²) in [6.07, 6.45) is 0.859. The highest BCUT2D eigenvalue weighted by Gasteiger charge is 2.55. The predicted octanol–water partition coefficient (Wildman–Crippen LogP) is 7.38. The smallest absolute Gasteiger partial charge is 0.433 e. The molecule has 41 heavy (non-hydrogen) atoms. The number of carboxylic acid groups (broad SMARTS) is 1. The summed E-state index contributed by atoms with van der Waals surface area (Å²) in [6, 6.07) is 2.07. The number of aliphatic carboxylic acids is 1. The predicted molar refractivity (Wildman–Crippen MR) is 146 cm³/mol. The van der Waals surface area contributed by atoms with Crippen LogP contribution in [0.5, 0.6) is 0 Å². The number of alkyl halides is 3. The maximum absolute atomic E-state index is 14.6. The van der Waals surface area contributed by atoms with Crippen LogP contribution < -0.4 is 0 Å². The number of aromatic nitrogens is 2. The molecular formula is C29H32Cl2F3N3O4. The number of Topliss-reactive ketones (excluding diaryl/α,β-unsaturated/α-hetero) is 1. The average molecular weight is 614 g/mol. The van der Waals surface area contributed by atoms with E-state index < -0.39 is 53.1 Å². The van der Waals surface area contributed by atoms with Crippen molar-refractivity contribution in [1.82, 2.24) is 14.7 Å². The molecule has 1 amide bonds. The lowest BCUT2D eigenvalue weighted by Gasteiger charge is -2.59. The topological polar surface area (TPSA) is 92.5 Å². The molecule has 0 saturated heterocycles. The first-order valence-corrected chi connectivity index (χ1v) is 14.6. The maximum atomic E-state index is 14.6. The molecule has 0 unspecified atom stereocenters. The molecule has 2 aromatic rings. The van der Waals surface area contributed by atoms with Crippen LogP contribution in [0.2, 0.25) is 10.0 Å². The standard InChI is InChI=1S/C29H32Cl2F3N3O4/c1-16-12-19(30)23(20(31)13-16)21(38)15-36(22-6-11-28(22)7-3-8-28)25(39)18-14-35-37(24(18)29(32,33)34)17-4-9-27(2,10-5-17)26(40)41/h12-14,17,22H,3-11,15H2,1-2H3,(H,40,41)/t17-,22-,27-/m1/s1. The first-order valence-electron chi connectivity index (χ1n) is 13.8. The van der Waals surface area contributed by atoms with Crippen LogP contribution in [0.1, 0.15) is 103 Å². The minimum absolute atomic E-state index is 0.0362. The Morgan fingerprint density at radius 2 is 1.68 bits per heavy atom. The van der Waals surface area contributed by atoms with Crippen molar-refractivity contribution in [2.75, 3.05) is 6.54 Å². The van der Waals surface area contributed by atoms with E-state index in [0.29, 0.717) is 6.42 Å². The van der Waals surface area contributed by atoms with E-state index >= 15 is 0 Å². The van der Waals surface area contributed by atoms with Gasteiger partial charge in [-0.15, -0.1) is 0 Å². The lowest BCUT2D eigenvalue weighted by Crippen LogP contribution is -2.61. The van der Waals surface area contributed by atoms with E-state index in [4.69, 9.17) is 23.2 Å². The Morgan fingerprint density at radius 1 is 1.07 bits per heavy atom. The van der Waals surface area contributed by atoms with Crippen LogP contribution in [0.4, 0.5) is 13.2 Å². The van der Waals surface area contributed by atoms with Gasteiger partial charge in [0.05, 0.1) is 45.4 Å². The monoisotopic (exact) mass is 613 g/mol. The van der Waals surface area contributed by atoms with Crippen LogP contribution in [0.3, 0.4) is 0 Å². The number of aryl methyl sites for hydroxylation is 1. The zero-order valence-corrected chi connectivity index (χ0v) is 24.4. The molecule has 1 N–H and O–H groups in total. The minimum Gasteiger partial charge on any atom is -0.481 e. The minimum atomic E-state index is -4.90. The number of benzene rings is 1. The fourth-order valence-corrected chi connectivity index (χ4v) is 7.64. The summed E-state index contributed by atoms with van der Waals surface area (Å²) in [6.45, 7) is 2.89. The summed E-state index contributed by atoms with van der Waals surface area (Å²) in [4.78, 5) is 40.5. The highest BCUT2D eigenvalue weighted by molar-refractivity contribution is 6.40. The van der Waals surface area contributed by atoms with Gasteiger partial charge in [0, 0.05) is 6.04 Å². The van der Waals surface area contributed by atoms with Crippen molar-refractivity contribution in [2.24, 2.45) is 10.8 Å². The SMILES string of the molecule is Cc1cc(Cl)c(C(=O)CN(C(=O)c2cnn([C@H]3CC[C@](C)(C(=O)O)CC3)c2C(F)(F)F)[C@@H]2CCC23CCC3)c(Cl)c1. The second-order valence-electron chi connectivity index (χ2n) is 12.2. The van der Waals surface area contributed by atoms with Crippen molar-refractivity contribution in [3.8, 4) is 0 Å². The Labute approximate surface area is 246 Å². The molecule has 1 heterocycles. The number of carboxylic acids is 1. The van der Waals surface area contributed by atoms with E-state index in [2.05, 4.69) is 5.10 Å². The third-order valence-corrected chi connectivity index (χ3v) is 10.2. The molecule has 7 nitrogen and oxygen atoms in total. The van der Waals surface area contributed by atoms with Crippen molar-refractivity contribution in [2.45, 2.75) is 89.9 Å². The normalized spacial score (nSPS) is 25.3. The van der Waals surface area contributed by atoms with Crippen molar-refractivity contribution in [1.29, 1.82) is 0 Å². The number of amides is 1. The third kappa shape index (κ3) is 5.26. The van der Waals surface area contributed by atoms with Gasteiger partial charge in [-0.2, -0.15) is 18.3 Å². The Morgan fingerprint density at radius 3 is 2.15 bits per heavy atom. The number of hydrogen-bond donors (Lipinski definition) is 1. The molecule has 0 aliphatic heterocycles. The largest absolute Gasteiger partial charge is 0.481 e. The van der Waals surface area contributed by atoms with Gasteiger partial charge in [-0.05, 0) is 88.3 Å². The molecule has 1 atom stereocenters. The van der Waals surface area contributed by atoms with E-state index in [0.717, 1.165) is 42.1 Å².